The summed E-state index contributed by atoms with van der Waals surface area (Å²) < 4.78 is 41.5. The summed E-state index contributed by atoms with van der Waals surface area (Å²) in [5.41, 5.74) is 0.937. The molecule has 1 aromatic heterocycles. The van der Waals surface area contributed by atoms with Crippen LogP contribution in [-0.2, 0) is 16.4 Å². The molecule has 0 saturated carbocycles. The maximum Gasteiger partial charge on any atom is 0.250 e. The Hall–Kier alpha value is -1.28. The van der Waals surface area contributed by atoms with E-state index in [4.69, 9.17) is 0 Å². The Morgan fingerprint density at radius 3 is 2.44 bits per heavy atom. The molecule has 1 atom stereocenters. The van der Waals surface area contributed by atoms with Crippen LogP contribution in [0, 0.1) is 5.82 Å². The molecule has 1 unspecified atom stereocenters. The minimum atomic E-state index is -3.52. The van der Waals surface area contributed by atoms with E-state index in [0.717, 1.165) is 42.8 Å². The van der Waals surface area contributed by atoms with Crippen LogP contribution in [0.2, 0.25) is 0 Å². The van der Waals surface area contributed by atoms with Gasteiger partial charge in [-0.2, -0.15) is 0 Å². The molecule has 0 radical (unpaired) electrons. The summed E-state index contributed by atoms with van der Waals surface area (Å²) >= 11 is 1.31. The first-order valence-electron chi connectivity index (χ1n) is 8.57. The Kier molecular flexibility index (Phi) is 5.89. The molecule has 0 bridgehead atoms. The second-order valence-electron chi connectivity index (χ2n) is 6.24. The molecular formula is C18H23FN2O2S2. The van der Waals surface area contributed by atoms with E-state index in [-0.39, 0.29) is 18.4 Å². The first-order chi connectivity index (χ1) is 12.0. The van der Waals surface area contributed by atoms with Crippen molar-refractivity contribution in [3.05, 3.63) is 52.7 Å². The molecule has 1 N–H and O–H groups in total. The van der Waals surface area contributed by atoms with Crippen LogP contribution in [0.5, 0.6) is 0 Å². The first-order valence-corrected chi connectivity index (χ1v) is 10.9. The average Bonchev–Trinajstić information content (AvgIpc) is 3.28. The van der Waals surface area contributed by atoms with Gasteiger partial charge in [0.25, 0.3) is 0 Å². The molecular weight excluding hydrogens is 359 g/mol. The summed E-state index contributed by atoms with van der Waals surface area (Å²) in [5, 5.41) is 0. The number of thiophene rings is 1. The van der Waals surface area contributed by atoms with E-state index in [2.05, 4.69) is 9.62 Å². The van der Waals surface area contributed by atoms with Crippen LogP contribution in [0.3, 0.4) is 0 Å². The topological polar surface area (TPSA) is 49.4 Å². The third-order valence-corrected chi connectivity index (χ3v) is 7.70. The van der Waals surface area contributed by atoms with E-state index in [9.17, 15) is 12.8 Å². The smallest absolute Gasteiger partial charge is 0.250 e. The van der Waals surface area contributed by atoms with E-state index >= 15 is 0 Å². The van der Waals surface area contributed by atoms with Gasteiger partial charge in [-0.1, -0.05) is 19.1 Å². The molecule has 0 spiro atoms. The second-order valence-corrected chi connectivity index (χ2v) is 9.40. The molecule has 25 heavy (non-hydrogen) atoms. The van der Waals surface area contributed by atoms with E-state index in [0.29, 0.717) is 4.21 Å². The molecule has 1 aliphatic rings. The normalized spacial score (nSPS) is 17.0. The SMILES string of the molecule is CCc1ccc(S(=O)(=O)NCC(c2ccc(F)cc2)N2CCCC2)s1. The van der Waals surface area contributed by atoms with Crippen LogP contribution >= 0.6 is 11.3 Å². The van der Waals surface area contributed by atoms with Gasteiger partial charge in [-0.3, -0.25) is 4.90 Å². The number of likely N-dealkylation sites (tertiary alicyclic amines) is 1. The van der Waals surface area contributed by atoms with Gasteiger partial charge >= 0.3 is 0 Å². The van der Waals surface area contributed by atoms with Gasteiger partial charge in [0, 0.05) is 17.5 Å². The lowest BCUT2D eigenvalue weighted by Gasteiger charge is -2.28. The summed E-state index contributed by atoms with van der Waals surface area (Å²) in [7, 11) is -3.52. The number of hydrogen-bond donors (Lipinski definition) is 1. The van der Waals surface area contributed by atoms with Crippen molar-refractivity contribution in [1.29, 1.82) is 0 Å². The Bertz CT molecular complexity index is 797. The number of halogens is 1. The lowest BCUT2D eigenvalue weighted by Crippen LogP contribution is -2.36. The summed E-state index contributed by atoms with van der Waals surface area (Å²) in [4.78, 5) is 3.32. The fraction of sp³-hybridized carbons (Fsp3) is 0.444. The van der Waals surface area contributed by atoms with Crippen molar-refractivity contribution in [3.63, 3.8) is 0 Å². The average molecular weight is 383 g/mol. The highest BCUT2D eigenvalue weighted by molar-refractivity contribution is 7.91. The second kappa shape index (κ2) is 7.95. The van der Waals surface area contributed by atoms with E-state index in [1.807, 2.05) is 13.0 Å². The molecule has 3 rings (SSSR count). The third kappa shape index (κ3) is 4.47. The van der Waals surface area contributed by atoms with Crippen molar-refractivity contribution >= 4 is 21.4 Å². The van der Waals surface area contributed by atoms with Gasteiger partial charge in [0.05, 0.1) is 0 Å². The molecule has 0 amide bonds. The number of benzene rings is 1. The van der Waals surface area contributed by atoms with E-state index in [1.54, 1.807) is 18.2 Å². The van der Waals surface area contributed by atoms with Gasteiger partial charge < -0.3 is 0 Å². The zero-order valence-corrected chi connectivity index (χ0v) is 15.9. The van der Waals surface area contributed by atoms with E-state index in [1.165, 1.54) is 23.5 Å². The highest BCUT2D eigenvalue weighted by atomic mass is 32.2. The summed E-state index contributed by atoms with van der Waals surface area (Å²) in [6.07, 6.45) is 3.04. The largest absolute Gasteiger partial charge is 0.295 e. The molecule has 1 aromatic carbocycles. The highest BCUT2D eigenvalue weighted by Gasteiger charge is 2.26. The number of rotatable bonds is 7. The Balaban J connectivity index is 1.76. The fourth-order valence-corrected chi connectivity index (χ4v) is 5.53. The van der Waals surface area contributed by atoms with Crippen molar-refractivity contribution in [3.8, 4) is 0 Å². The molecule has 2 aromatic rings. The summed E-state index contributed by atoms with van der Waals surface area (Å²) in [6.45, 7) is 4.16. The van der Waals surface area contributed by atoms with Crippen molar-refractivity contribution in [2.75, 3.05) is 19.6 Å². The zero-order chi connectivity index (χ0) is 17.9. The van der Waals surface area contributed by atoms with Crippen molar-refractivity contribution in [2.24, 2.45) is 0 Å². The lowest BCUT2D eigenvalue weighted by atomic mass is 10.1. The number of nitrogens with one attached hydrogen (secondary N) is 1. The minimum Gasteiger partial charge on any atom is -0.295 e. The fourth-order valence-electron chi connectivity index (χ4n) is 3.15. The van der Waals surface area contributed by atoms with Crippen molar-refractivity contribution in [2.45, 2.75) is 36.4 Å². The van der Waals surface area contributed by atoms with Gasteiger partial charge in [-0.15, -0.1) is 11.3 Å². The molecule has 1 aliphatic heterocycles. The Labute approximate surface area is 152 Å². The van der Waals surface area contributed by atoms with Crippen LogP contribution < -0.4 is 4.72 Å². The molecule has 4 nitrogen and oxygen atoms in total. The van der Waals surface area contributed by atoms with Crippen LogP contribution in [0.1, 0.15) is 36.2 Å². The minimum absolute atomic E-state index is 0.0801. The monoisotopic (exact) mass is 382 g/mol. The number of aryl methyl sites for hydroxylation is 1. The number of nitrogens with zero attached hydrogens (tertiary/aromatic N) is 1. The molecule has 2 heterocycles. The van der Waals surface area contributed by atoms with Gasteiger partial charge in [-0.05, 0) is 62.2 Å². The predicted octanol–water partition coefficient (Wildman–Crippen LogP) is 3.57. The molecule has 1 fully saturated rings. The van der Waals surface area contributed by atoms with Gasteiger partial charge in [0.2, 0.25) is 10.0 Å². The van der Waals surface area contributed by atoms with Gasteiger partial charge in [0.15, 0.2) is 0 Å². The number of sulfonamides is 1. The van der Waals surface area contributed by atoms with Gasteiger partial charge in [-0.25, -0.2) is 17.5 Å². The van der Waals surface area contributed by atoms with E-state index < -0.39 is 10.0 Å². The highest BCUT2D eigenvalue weighted by Crippen LogP contribution is 2.26. The lowest BCUT2D eigenvalue weighted by molar-refractivity contribution is 0.246. The molecule has 1 saturated heterocycles. The van der Waals surface area contributed by atoms with Gasteiger partial charge in [0.1, 0.15) is 10.0 Å². The third-order valence-electron chi connectivity index (χ3n) is 4.55. The van der Waals surface area contributed by atoms with Crippen LogP contribution in [0.4, 0.5) is 4.39 Å². The molecule has 136 valence electrons. The number of hydrogen-bond acceptors (Lipinski definition) is 4. The van der Waals surface area contributed by atoms with Crippen LogP contribution in [0.25, 0.3) is 0 Å². The van der Waals surface area contributed by atoms with Crippen molar-refractivity contribution in [1.82, 2.24) is 9.62 Å². The summed E-state index contributed by atoms with van der Waals surface area (Å²) in [5.74, 6) is -0.282. The van der Waals surface area contributed by atoms with Crippen molar-refractivity contribution < 1.29 is 12.8 Å². The van der Waals surface area contributed by atoms with Crippen LogP contribution in [-0.4, -0.2) is 33.0 Å². The maximum absolute atomic E-state index is 13.2. The maximum atomic E-state index is 13.2. The quantitative estimate of drug-likeness (QED) is 0.796. The Morgan fingerprint density at radius 1 is 1.16 bits per heavy atom. The molecule has 7 heteroatoms. The molecule has 0 aliphatic carbocycles. The summed E-state index contributed by atoms with van der Waals surface area (Å²) in [6, 6.07) is 9.79. The van der Waals surface area contributed by atoms with Crippen LogP contribution in [0.15, 0.2) is 40.6 Å². The Morgan fingerprint density at radius 2 is 1.84 bits per heavy atom. The predicted molar refractivity (Wildman–Crippen MR) is 98.8 cm³/mol. The zero-order valence-electron chi connectivity index (χ0n) is 14.2. The standard InChI is InChI=1S/C18H23FN2O2S2/c1-2-16-9-10-18(24-16)25(22,23)20-13-17(21-11-3-4-12-21)14-5-7-15(19)8-6-14/h5-10,17,20H,2-4,11-13H2,1H3. The first kappa shape index (κ1) is 18.5.